The van der Waals surface area contributed by atoms with Crippen molar-refractivity contribution in [1.82, 2.24) is 19.1 Å². The van der Waals surface area contributed by atoms with E-state index in [-0.39, 0.29) is 10.2 Å². The van der Waals surface area contributed by atoms with Gasteiger partial charge in [-0.15, -0.1) is 0 Å². The number of aryl methyl sites for hydroxylation is 1. The Bertz CT molecular complexity index is 898. The fourth-order valence-electron chi connectivity index (χ4n) is 4.64. The normalized spacial score (nSPS) is 23.6. The van der Waals surface area contributed by atoms with Gasteiger partial charge < -0.3 is 4.90 Å². The molecular weight excluding hydrogens is 438 g/mol. The first-order valence-corrected chi connectivity index (χ1v) is 12.1. The molecule has 0 bridgehead atoms. The Balaban J connectivity index is 1.53. The molecule has 2 aromatic rings. The van der Waals surface area contributed by atoms with Gasteiger partial charge in [0.1, 0.15) is 0 Å². The summed E-state index contributed by atoms with van der Waals surface area (Å²) in [5.41, 5.74) is 2.15. The molecule has 0 radical (unpaired) electrons. The lowest BCUT2D eigenvalue weighted by Crippen LogP contribution is -2.51. The van der Waals surface area contributed by atoms with Crippen molar-refractivity contribution in [3.05, 3.63) is 22.6 Å². The van der Waals surface area contributed by atoms with Crippen LogP contribution in [0.3, 0.4) is 0 Å². The average molecular weight is 468 g/mol. The Labute approximate surface area is 178 Å². The Morgan fingerprint density at radius 1 is 1.29 bits per heavy atom. The Morgan fingerprint density at radius 2 is 2.00 bits per heavy atom. The molecule has 154 valence electrons. The molecule has 3 heterocycles. The second-order valence-corrected chi connectivity index (χ2v) is 12.0. The van der Waals surface area contributed by atoms with Crippen molar-refractivity contribution in [1.29, 1.82) is 0 Å². The second-order valence-electron chi connectivity index (χ2n) is 9.23. The van der Waals surface area contributed by atoms with Crippen LogP contribution in [0, 0.1) is 12.3 Å². The number of hydrogen-bond donors (Lipinski definition) is 1. The molecule has 1 saturated heterocycles. The monoisotopic (exact) mass is 467 g/mol. The van der Waals surface area contributed by atoms with E-state index in [0.717, 1.165) is 54.1 Å². The van der Waals surface area contributed by atoms with Gasteiger partial charge in [0.2, 0.25) is 5.95 Å². The van der Waals surface area contributed by atoms with Gasteiger partial charge >= 0.3 is 0 Å². The van der Waals surface area contributed by atoms with Crippen molar-refractivity contribution < 1.29 is 4.21 Å². The summed E-state index contributed by atoms with van der Waals surface area (Å²) in [6.07, 6.45) is 9.61. The molecule has 2 fully saturated rings. The third kappa shape index (κ3) is 3.52. The van der Waals surface area contributed by atoms with Crippen LogP contribution in [0.5, 0.6) is 0 Å². The van der Waals surface area contributed by atoms with E-state index < -0.39 is 11.0 Å². The summed E-state index contributed by atoms with van der Waals surface area (Å²) in [7, 11) is -1.01. The minimum absolute atomic E-state index is 0.226. The summed E-state index contributed by atoms with van der Waals surface area (Å²) in [6.45, 7) is 10.1. The van der Waals surface area contributed by atoms with Gasteiger partial charge in [0.15, 0.2) is 5.65 Å². The molecule has 0 aromatic carbocycles. The van der Waals surface area contributed by atoms with Gasteiger partial charge in [0, 0.05) is 31.5 Å². The van der Waals surface area contributed by atoms with Gasteiger partial charge in [-0.05, 0) is 74.7 Å². The first kappa shape index (κ1) is 20.3. The van der Waals surface area contributed by atoms with Gasteiger partial charge in [-0.1, -0.05) is 6.42 Å². The summed E-state index contributed by atoms with van der Waals surface area (Å²) < 4.78 is 19.0. The lowest BCUT2D eigenvalue weighted by atomic mass is 9.74. The molecule has 2 aliphatic rings. The molecule has 1 N–H and O–H groups in total. The first-order chi connectivity index (χ1) is 13.2. The minimum Gasteiger partial charge on any atom is -0.342 e. The van der Waals surface area contributed by atoms with E-state index in [4.69, 9.17) is 4.98 Å². The van der Waals surface area contributed by atoms with Crippen molar-refractivity contribution in [2.24, 2.45) is 5.41 Å². The van der Waals surface area contributed by atoms with Crippen molar-refractivity contribution in [2.45, 2.75) is 70.6 Å². The molecule has 8 heteroatoms. The van der Waals surface area contributed by atoms with Crippen LogP contribution in [0.15, 0.2) is 16.9 Å². The van der Waals surface area contributed by atoms with Gasteiger partial charge in [-0.25, -0.2) is 18.9 Å². The van der Waals surface area contributed by atoms with Crippen molar-refractivity contribution in [3.8, 4) is 0 Å². The van der Waals surface area contributed by atoms with Crippen LogP contribution in [0.4, 0.5) is 5.95 Å². The van der Waals surface area contributed by atoms with Crippen molar-refractivity contribution >= 4 is 38.5 Å². The predicted molar refractivity (Wildman–Crippen MR) is 118 cm³/mol. The molecule has 28 heavy (non-hydrogen) atoms. The van der Waals surface area contributed by atoms with E-state index >= 15 is 0 Å². The van der Waals surface area contributed by atoms with Gasteiger partial charge in [-0.3, -0.25) is 4.40 Å². The van der Waals surface area contributed by atoms with E-state index in [9.17, 15) is 4.21 Å². The summed E-state index contributed by atoms with van der Waals surface area (Å²) in [4.78, 5) is 11.7. The number of imidazole rings is 1. The van der Waals surface area contributed by atoms with Gasteiger partial charge in [0.05, 0.1) is 25.9 Å². The summed E-state index contributed by atoms with van der Waals surface area (Å²) >= 11 is 3.61. The fraction of sp³-hybridized carbons (Fsp3) is 0.700. The molecular formula is C20H30BrN5OS. The average Bonchev–Trinajstić information content (AvgIpc) is 3.27. The molecule has 1 saturated carbocycles. The van der Waals surface area contributed by atoms with Crippen LogP contribution < -0.4 is 9.62 Å². The highest BCUT2D eigenvalue weighted by atomic mass is 79.9. The largest absolute Gasteiger partial charge is 0.342 e. The number of anilines is 1. The van der Waals surface area contributed by atoms with Crippen LogP contribution >= 0.6 is 15.9 Å². The van der Waals surface area contributed by atoms with Crippen LogP contribution in [-0.4, -0.2) is 42.5 Å². The Kier molecular flexibility index (Phi) is 5.33. The topological polar surface area (TPSA) is 62.5 Å². The third-order valence-electron chi connectivity index (χ3n) is 6.39. The summed E-state index contributed by atoms with van der Waals surface area (Å²) in [6, 6.07) is 0.350. The quantitative estimate of drug-likeness (QED) is 0.740. The zero-order valence-electron chi connectivity index (χ0n) is 17.2. The van der Waals surface area contributed by atoms with E-state index in [0.29, 0.717) is 6.04 Å². The molecule has 6 nitrogen and oxygen atoms in total. The van der Waals surface area contributed by atoms with Crippen LogP contribution in [-0.2, 0) is 11.0 Å². The second kappa shape index (κ2) is 7.36. The zero-order valence-corrected chi connectivity index (χ0v) is 19.6. The van der Waals surface area contributed by atoms with Crippen molar-refractivity contribution in [2.75, 3.05) is 18.0 Å². The molecule has 2 aromatic heterocycles. The van der Waals surface area contributed by atoms with Gasteiger partial charge in [0.25, 0.3) is 0 Å². The number of aromatic nitrogens is 3. The Morgan fingerprint density at radius 3 is 2.68 bits per heavy atom. The maximum absolute atomic E-state index is 12.7. The highest BCUT2D eigenvalue weighted by Crippen LogP contribution is 2.47. The van der Waals surface area contributed by atoms with Gasteiger partial charge in [-0.2, -0.15) is 0 Å². The van der Waals surface area contributed by atoms with E-state index in [2.05, 4.69) is 34.9 Å². The predicted octanol–water partition coefficient (Wildman–Crippen LogP) is 3.99. The number of fused-ring (bicyclic) bond motifs is 1. The van der Waals surface area contributed by atoms with E-state index in [1.54, 1.807) is 0 Å². The number of halogens is 1. The summed E-state index contributed by atoms with van der Waals surface area (Å²) in [5.74, 6) is 0.976. The number of rotatable bonds is 3. The molecule has 1 aliphatic heterocycles. The van der Waals surface area contributed by atoms with Crippen molar-refractivity contribution in [3.63, 3.8) is 0 Å². The van der Waals surface area contributed by atoms with E-state index in [1.165, 1.54) is 12.8 Å². The standard InChI is InChI=1S/C20H30BrN5OS/c1-14-16(21)17-22-10-13-26(17)18(23-14)25-11-8-20(9-12-25)7-5-6-15(20)24-28(27)19(2,3)4/h10,13,15,24H,5-9,11-12H2,1-4H3/t15-,28?/m1/s1. The first-order valence-electron chi connectivity index (χ1n) is 10.1. The number of nitrogens with zero attached hydrogens (tertiary/aromatic N) is 4. The smallest absolute Gasteiger partial charge is 0.211 e. The van der Waals surface area contributed by atoms with Crippen LogP contribution in [0.2, 0.25) is 0 Å². The molecule has 0 amide bonds. The maximum Gasteiger partial charge on any atom is 0.211 e. The molecule has 1 spiro atoms. The van der Waals surface area contributed by atoms with Crippen LogP contribution in [0.25, 0.3) is 5.65 Å². The zero-order chi connectivity index (χ0) is 20.1. The highest BCUT2D eigenvalue weighted by Gasteiger charge is 2.46. The molecule has 2 atom stereocenters. The number of piperidine rings is 1. The molecule has 4 rings (SSSR count). The molecule has 1 unspecified atom stereocenters. The number of nitrogens with one attached hydrogen (secondary N) is 1. The highest BCUT2D eigenvalue weighted by molar-refractivity contribution is 9.10. The van der Waals surface area contributed by atoms with Crippen LogP contribution in [0.1, 0.15) is 58.6 Å². The molecule has 1 aliphatic carbocycles. The lowest BCUT2D eigenvalue weighted by Gasteiger charge is -2.44. The maximum atomic E-state index is 12.7. The minimum atomic E-state index is -1.01. The third-order valence-corrected chi connectivity index (χ3v) is 8.93. The Hall–Kier alpha value is -0.990. The summed E-state index contributed by atoms with van der Waals surface area (Å²) in [5, 5.41) is 0. The SMILES string of the molecule is Cc1nc(N2CCC3(CCC[C@H]3NS(=O)C(C)(C)C)CC2)n2ccnc2c1Br. The van der Waals surface area contributed by atoms with E-state index in [1.807, 2.05) is 40.1 Å². The fourth-order valence-corrected chi connectivity index (χ4v) is 6.01. The number of hydrogen-bond acceptors (Lipinski definition) is 4. The lowest BCUT2D eigenvalue weighted by molar-refractivity contribution is 0.187.